The third-order valence-corrected chi connectivity index (χ3v) is 2.90. The van der Waals surface area contributed by atoms with Gasteiger partial charge in [0.2, 0.25) is 0 Å². The molecule has 0 aliphatic carbocycles. The number of unbranched alkanes of at least 4 members (excludes halogenated alkanes) is 3. The van der Waals surface area contributed by atoms with Crippen LogP contribution in [0.5, 0.6) is 0 Å². The molecule has 1 aromatic carbocycles. The monoisotopic (exact) mass is 290 g/mol. The predicted octanol–water partition coefficient (Wildman–Crippen LogP) is 3.77. The number of carbonyl (C=O) groups is 2. The first-order chi connectivity index (χ1) is 10.2. The molecular weight excluding hydrogens is 268 g/mol. The molecule has 0 fully saturated rings. The quantitative estimate of drug-likeness (QED) is 0.395. The van der Waals surface area contributed by atoms with Gasteiger partial charge in [-0.05, 0) is 24.6 Å². The van der Waals surface area contributed by atoms with Crippen molar-refractivity contribution in [2.45, 2.75) is 32.6 Å². The van der Waals surface area contributed by atoms with Crippen LogP contribution in [0.15, 0.2) is 36.9 Å². The first-order valence-electron chi connectivity index (χ1n) is 7.24. The van der Waals surface area contributed by atoms with E-state index in [0.717, 1.165) is 25.7 Å². The summed E-state index contributed by atoms with van der Waals surface area (Å²) in [6, 6.07) is 6.35. The molecule has 1 rings (SSSR count). The Morgan fingerprint density at radius 2 is 1.76 bits per heavy atom. The van der Waals surface area contributed by atoms with E-state index in [1.54, 1.807) is 18.2 Å². The topological polar surface area (TPSA) is 52.6 Å². The molecule has 0 N–H and O–H groups in total. The molecule has 4 nitrogen and oxygen atoms in total. The van der Waals surface area contributed by atoms with E-state index in [0.29, 0.717) is 17.7 Å². The van der Waals surface area contributed by atoms with Gasteiger partial charge in [0.15, 0.2) is 0 Å². The Morgan fingerprint density at radius 1 is 1.10 bits per heavy atom. The molecule has 0 aliphatic rings. The molecule has 0 atom stereocenters. The van der Waals surface area contributed by atoms with Crippen LogP contribution in [0.3, 0.4) is 0 Å². The lowest BCUT2D eigenvalue weighted by molar-refractivity contribution is 0.0498. The molecule has 0 aliphatic heterocycles. The number of ether oxygens (including phenoxy) is 2. The van der Waals surface area contributed by atoms with Crippen LogP contribution in [-0.2, 0) is 9.47 Å². The van der Waals surface area contributed by atoms with Gasteiger partial charge in [0.25, 0.3) is 0 Å². The molecule has 0 radical (unpaired) electrons. The fourth-order valence-electron chi connectivity index (χ4n) is 1.77. The average molecular weight is 290 g/mol. The molecule has 0 amide bonds. The summed E-state index contributed by atoms with van der Waals surface area (Å²) in [6.45, 7) is 6.15. The van der Waals surface area contributed by atoms with Crippen LogP contribution in [0.2, 0.25) is 0 Å². The first kappa shape index (κ1) is 17.0. The van der Waals surface area contributed by atoms with E-state index in [2.05, 4.69) is 13.5 Å². The second-order valence-corrected chi connectivity index (χ2v) is 4.66. The van der Waals surface area contributed by atoms with Crippen molar-refractivity contribution in [1.82, 2.24) is 0 Å². The molecule has 1 aromatic rings. The van der Waals surface area contributed by atoms with Gasteiger partial charge in [-0.2, -0.15) is 0 Å². The van der Waals surface area contributed by atoms with Gasteiger partial charge in [0.1, 0.15) is 6.61 Å². The van der Waals surface area contributed by atoms with Crippen molar-refractivity contribution in [3.8, 4) is 0 Å². The Hall–Kier alpha value is -2.10. The second kappa shape index (κ2) is 9.75. The van der Waals surface area contributed by atoms with E-state index in [1.807, 2.05) is 0 Å². The number of rotatable bonds is 9. The van der Waals surface area contributed by atoms with E-state index < -0.39 is 11.9 Å². The van der Waals surface area contributed by atoms with Crippen LogP contribution >= 0.6 is 0 Å². The van der Waals surface area contributed by atoms with Crippen molar-refractivity contribution < 1.29 is 19.1 Å². The van der Waals surface area contributed by atoms with Gasteiger partial charge in [-0.1, -0.05) is 44.9 Å². The van der Waals surface area contributed by atoms with Gasteiger partial charge in [0.05, 0.1) is 17.7 Å². The van der Waals surface area contributed by atoms with Gasteiger partial charge in [-0.3, -0.25) is 0 Å². The van der Waals surface area contributed by atoms with Gasteiger partial charge in [0, 0.05) is 0 Å². The normalized spacial score (nSPS) is 9.95. The van der Waals surface area contributed by atoms with Crippen LogP contribution < -0.4 is 0 Å². The van der Waals surface area contributed by atoms with Gasteiger partial charge < -0.3 is 9.47 Å². The van der Waals surface area contributed by atoms with Crippen LogP contribution in [0.1, 0.15) is 53.3 Å². The molecule has 0 aromatic heterocycles. The van der Waals surface area contributed by atoms with Gasteiger partial charge in [-0.25, -0.2) is 9.59 Å². The lowest BCUT2D eigenvalue weighted by Gasteiger charge is -2.06. The summed E-state index contributed by atoms with van der Waals surface area (Å²) in [5, 5.41) is 0. The number of hydrogen-bond acceptors (Lipinski definition) is 4. The van der Waals surface area contributed by atoms with Crippen LogP contribution in [0.4, 0.5) is 0 Å². The summed E-state index contributed by atoms with van der Waals surface area (Å²) >= 11 is 0. The van der Waals surface area contributed by atoms with Gasteiger partial charge >= 0.3 is 11.9 Å². The van der Waals surface area contributed by atoms with Crippen molar-refractivity contribution in [3.05, 3.63) is 48.0 Å². The maximum absolute atomic E-state index is 11.9. The van der Waals surface area contributed by atoms with Crippen molar-refractivity contribution in [3.63, 3.8) is 0 Å². The summed E-state index contributed by atoms with van der Waals surface area (Å²) < 4.78 is 10.1. The fourth-order valence-corrected chi connectivity index (χ4v) is 1.77. The molecule has 0 heterocycles. The van der Waals surface area contributed by atoms with Crippen molar-refractivity contribution in [2.75, 3.05) is 13.2 Å². The first-order valence-corrected chi connectivity index (χ1v) is 7.24. The minimum Gasteiger partial charge on any atom is -0.462 e. The summed E-state index contributed by atoms with van der Waals surface area (Å²) in [7, 11) is 0. The zero-order valence-electron chi connectivity index (χ0n) is 12.5. The number of carbonyl (C=O) groups excluding carboxylic acids is 2. The smallest absolute Gasteiger partial charge is 0.338 e. The van der Waals surface area contributed by atoms with E-state index in [9.17, 15) is 9.59 Å². The highest BCUT2D eigenvalue weighted by Crippen LogP contribution is 2.09. The zero-order valence-corrected chi connectivity index (χ0v) is 12.5. The SMILES string of the molecule is C=CCOC(=O)c1cccc(C(=O)OCCCCCC)c1. The molecular formula is C17H22O4. The largest absolute Gasteiger partial charge is 0.462 e. The summed E-state index contributed by atoms with van der Waals surface area (Å²) in [5.41, 5.74) is 0.691. The van der Waals surface area contributed by atoms with Crippen molar-refractivity contribution >= 4 is 11.9 Å². The van der Waals surface area contributed by atoms with Crippen molar-refractivity contribution in [1.29, 1.82) is 0 Å². The minimum absolute atomic E-state index is 0.144. The number of esters is 2. The summed E-state index contributed by atoms with van der Waals surface area (Å²) in [6.07, 6.45) is 5.69. The lowest BCUT2D eigenvalue weighted by Crippen LogP contribution is -2.09. The Kier molecular flexibility index (Phi) is 7.87. The molecule has 4 heteroatoms. The zero-order chi connectivity index (χ0) is 15.5. The highest BCUT2D eigenvalue weighted by molar-refractivity contribution is 5.95. The number of hydrogen-bond donors (Lipinski definition) is 0. The molecule has 0 saturated carbocycles. The minimum atomic E-state index is -0.479. The third-order valence-electron chi connectivity index (χ3n) is 2.90. The third kappa shape index (κ3) is 6.25. The Balaban J connectivity index is 2.52. The van der Waals surface area contributed by atoms with Crippen LogP contribution in [-0.4, -0.2) is 25.2 Å². The summed E-state index contributed by atoms with van der Waals surface area (Å²) in [5.74, 6) is -0.891. The molecule has 114 valence electrons. The maximum Gasteiger partial charge on any atom is 0.338 e. The lowest BCUT2D eigenvalue weighted by atomic mass is 10.1. The highest BCUT2D eigenvalue weighted by atomic mass is 16.5. The van der Waals surface area contributed by atoms with E-state index in [4.69, 9.17) is 9.47 Å². The molecule has 0 saturated heterocycles. The molecule has 0 spiro atoms. The van der Waals surface area contributed by atoms with Crippen LogP contribution in [0, 0.1) is 0 Å². The predicted molar refractivity (Wildman–Crippen MR) is 81.3 cm³/mol. The fraction of sp³-hybridized carbons (Fsp3) is 0.412. The van der Waals surface area contributed by atoms with E-state index >= 15 is 0 Å². The van der Waals surface area contributed by atoms with Crippen LogP contribution in [0.25, 0.3) is 0 Å². The van der Waals surface area contributed by atoms with E-state index in [-0.39, 0.29) is 6.61 Å². The second-order valence-electron chi connectivity index (χ2n) is 4.66. The maximum atomic E-state index is 11.9. The Bertz CT molecular complexity index is 479. The Labute approximate surface area is 125 Å². The van der Waals surface area contributed by atoms with Crippen molar-refractivity contribution in [2.24, 2.45) is 0 Å². The summed E-state index contributed by atoms with van der Waals surface area (Å²) in [4.78, 5) is 23.6. The van der Waals surface area contributed by atoms with Gasteiger partial charge in [-0.15, -0.1) is 0 Å². The molecule has 21 heavy (non-hydrogen) atoms. The Morgan fingerprint density at radius 3 is 2.38 bits per heavy atom. The average Bonchev–Trinajstić information content (AvgIpc) is 2.52. The van der Waals surface area contributed by atoms with E-state index in [1.165, 1.54) is 12.1 Å². The molecule has 0 bridgehead atoms. The standard InChI is InChI=1S/C17H22O4/c1-3-5-6-7-12-21-17(19)15-10-8-9-14(13-15)16(18)20-11-4-2/h4,8-10,13H,2-3,5-7,11-12H2,1H3. The molecule has 0 unspecified atom stereocenters. The number of benzene rings is 1. The highest BCUT2D eigenvalue weighted by Gasteiger charge is 2.12.